The van der Waals surface area contributed by atoms with E-state index in [-0.39, 0.29) is 6.04 Å². The van der Waals surface area contributed by atoms with Gasteiger partial charge in [-0.25, -0.2) is 9.97 Å². The van der Waals surface area contributed by atoms with E-state index in [1.165, 1.54) is 0 Å². The number of thiazole rings is 1. The quantitative estimate of drug-likeness (QED) is 0.542. The van der Waals surface area contributed by atoms with Crippen LogP contribution in [0.5, 0.6) is 11.5 Å². The van der Waals surface area contributed by atoms with Gasteiger partial charge in [-0.3, -0.25) is 0 Å². The van der Waals surface area contributed by atoms with Crippen LogP contribution in [0.2, 0.25) is 0 Å². The zero-order valence-corrected chi connectivity index (χ0v) is 16.2. The number of anilines is 1. The zero-order valence-electron chi connectivity index (χ0n) is 15.3. The van der Waals surface area contributed by atoms with Crippen LogP contribution in [0.15, 0.2) is 54.9 Å². The molecule has 0 aliphatic carbocycles. The predicted molar refractivity (Wildman–Crippen MR) is 108 cm³/mol. The Bertz CT molecular complexity index is 1020. The van der Waals surface area contributed by atoms with Gasteiger partial charge in [0.1, 0.15) is 23.4 Å². The number of hydrogen-bond acceptors (Lipinski definition) is 6. The molecule has 6 nitrogen and oxygen atoms in total. The summed E-state index contributed by atoms with van der Waals surface area (Å²) in [6, 6.07) is 13.7. The molecule has 0 bridgehead atoms. The first-order valence-corrected chi connectivity index (χ1v) is 9.32. The minimum Gasteiger partial charge on any atom is -0.497 e. The number of nitrogens with one attached hydrogen (secondary N) is 1. The van der Waals surface area contributed by atoms with E-state index < -0.39 is 0 Å². The highest BCUT2D eigenvalue weighted by Crippen LogP contribution is 2.34. The number of nitrogens with zero attached hydrogens (tertiary/aromatic N) is 3. The number of imidazole rings is 1. The molecule has 7 heteroatoms. The second kappa shape index (κ2) is 7.28. The molecule has 0 saturated heterocycles. The molecule has 0 fully saturated rings. The van der Waals surface area contributed by atoms with Crippen molar-refractivity contribution in [3.63, 3.8) is 0 Å². The Hall–Kier alpha value is -3.06. The molecular formula is C20H20N4O2S. The van der Waals surface area contributed by atoms with Gasteiger partial charge in [0.15, 0.2) is 5.13 Å². The summed E-state index contributed by atoms with van der Waals surface area (Å²) in [7, 11) is 5.28. The Morgan fingerprint density at radius 2 is 1.81 bits per heavy atom. The van der Waals surface area contributed by atoms with E-state index in [2.05, 4.69) is 16.4 Å². The van der Waals surface area contributed by atoms with Crippen LogP contribution in [0.4, 0.5) is 5.13 Å². The summed E-state index contributed by atoms with van der Waals surface area (Å²) < 4.78 is 14.0. The summed E-state index contributed by atoms with van der Waals surface area (Å²) in [5, 5.41) is 4.38. The fourth-order valence-electron chi connectivity index (χ4n) is 3.01. The maximum atomic E-state index is 5.45. The summed E-state index contributed by atoms with van der Waals surface area (Å²) in [5.41, 5.74) is 1.96. The van der Waals surface area contributed by atoms with Gasteiger partial charge in [-0.05, 0) is 29.8 Å². The molecule has 2 aromatic heterocycles. The average Bonchev–Trinajstić information content (AvgIpc) is 3.30. The van der Waals surface area contributed by atoms with E-state index in [0.717, 1.165) is 38.2 Å². The van der Waals surface area contributed by atoms with Gasteiger partial charge in [-0.15, -0.1) is 0 Å². The highest BCUT2D eigenvalue weighted by Gasteiger charge is 2.21. The first-order chi connectivity index (χ1) is 13.2. The van der Waals surface area contributed by atoms with Crippen molar-refractivity contribution in [3.05, 3.63) is 66.2 Å². The lowest BCUT2D eigenvalue weighted by Crippen LogP contribution is -2.17. The van der Waals surface area contributed by atoms with Gasteiger partial charge in [0.25, 0.3) is 0 Å². The smallest absolute Gasteiger partial charge is 0.184 e. The fraction of sp³-hybridized carbons (Fsp3) is 0.200. The minimum absolute atomic E-state index is 0.199. The van der Waals surface area contributed by atoms with Crippen LogP contribution in [0.3, 0.4) is 0 Å². The Morgan fingerprint density at radius 3 is 2.44 bits per heavy atom. The third-order valence-corrected chi connectivity index (χ3v) is 5.35. The molecule has 2 heterocycles. The maximum Gasteiger partial charge on any atom is 0.184 e. The fourth-order valence-corrected chi connectivity index (χ4v) is 3.90. The van der Waals surface area contributed by atoms with Gasteiger partial charge in [0, 0.05) is 25.5 Å². The molecule has 138 valence electrons. The third kappa shape index (κ3) is 3.46. The van der Waals surface area contributed by atoms with Gasteiger partial charge < -0.3 is 19.4 Å². The Kier molecular flexibility index (Phi) is 4.68. The van der Waals surface area contributed by atoms with E-state index in [4.69, 9.17) is 14.5 Å². The summed E-state index contributed by atoms with van der Waals surface area (Å²) in [4.78, 5) is 9.26. The molecule has 0 saturated carbocycles. The van der Waals surface area contributed by atoms with Crippen molar-refractivity contribution in [2.45, 2.75) is 6.04 Å². The van der Waals surface area contributed by atoms with Crippen LogP contribution in [-0.4, -0.2) is 28.8 Å². The molecule has 4 rings (SSSR count). The number of methoxy groups -OCH3 is 2. The van der Waals surface area contributed by atoms with Gasteiger partial charge in [-0.2, -0.15) is 0 Å². The van der Waals surface area contributed by atoms with Crippen molar-refractivity contribution < 1.29 is 9.47 Å². The van der Waals surface area contributed by atoms with Gasteiger partial charge in [-0.1, -0.05) is 23.5 Å². The van der Waals surface area contributed by atoms with Crippen molar-refractivity contribution in [1.82, 2.24) is 14.5 Å². The molecule has 0 aliphatic heterocycles. The number of fused-ring (bicyclic) bond motifs is 1. The maximum absolute atomic E-state index is 5.45. The van der Waals surface area contributed by atoms with Crippen molar-refractivity contribution >= 4 is 26.7 Å². The highest BCUT2D eigenvalue weighted by molar-refractivity contribution is 7.22. The summed E-state index contributed by atoms with van der Waals surface area (Å²) >= 11 is 1.62. The third-order valence-electron chi connectivity index (χ3n) is 4.39. The lowest BCUT2D eigenvalue weighted by atomic mass is 10.1. The first kappa shape index (κ1) is 17.4. The summed E-state index contributed by atoms with van der Waals surface area (Å²) in [5.74, 6) is 2.34. The van der Waals surface area contributed by atoms with Gasteiger partial charge in [0.05, 0.1) is 24.4 Å². The summed E-state index contributed by atoms with van der Waals surface area (Å²) in [6.45, 7) is 0. The van der Waals surface area contributed by atoms with Crippen LogP contribution < -0.4 is 14.8 Å². The molecule has 0 spiro atoms. The largest absolute Gasteiger partial charge is 0.497 e. The normalized spacial score (nSPS) is 12.1. The van der Waals surface area contributed by atoms with E-state index in [1.807, 2.05) is 54.2 Å². The molecule has 4 aromatic rings. The average molecular weight is 380 g/mol. The highest BCUT2D eigenvalue weighted by atomic mass is 32.1. The molecular weight excluding hydrogens is 360 g/mol. The van der Waals surface area contributed by atoms with Gasteiger partial charge >= 0.3 is 0 Å². The minimum atomic E-state index is -0.199. The van der Waals surface area contributed by atoms with Crippen LogP contribution in [-0.2, 0) is 7.05 Å². The first-order valence-electron chi connectivity index (χ1n) is 8.50. The summed E-state index contributed by atoms with van der Waals surface area (Å²) in [6.07, 6.45) is 3.72. The lowest BCUT2D eigenvalue weighted by Gasteiger charge is -2.20. The van der Waals surface area contributed by atoms with E-state index in [0.29, 0.717) is 0 Å². The molecule has 1 unspecified atom stereocenters. The molecule has 0 aliphatic rings. The van der Waals surface area contributed by atoms with Crippen molar-refractivity contribution in [3.8, 4) is 11.5 Å². The van der Waals surface area contributed by atoms with Crippen LogP contribution in [0, 0.1) is 0 Å². The molecule has 1 atom stereocenters. The number of para-hydroxylation sites is 1. The van der Waals surface area contributed by atoms with E-state index in [9.17, 15) is 0 Å². The van der Waals surface area contributed by atoms with Crippen LogP contribution in [0.1, 0.15) is 17.4 Å². The van der Waals surface area contributed by atoms with Crippen LogP contribution in [0.25, 0.3) is 10.2 Å². The SMILES string of the molecule is COc1cc(OC)cc(C(Nc2nc3ccccc3s2)c2nccn2C)c1. The van der Waals surface area contributed by atoms with Crippen molar-refractivity contribution in [1.29, 1.82) is 0 Å². The number of rotatable bonds is 6. The Labute approximate surface area is 161 Å². The predicted octanol–water partition coefficient (Wildman–Crippen LogP) is 4.25. The number of benzene rings is 2. The lowest BCUT2D eigenvalue weighted by molar-refractivity contribution is 0.393. The van der Waals surface area contributed by atoms with Crippen LogP contribution >= 0.6 is 11.3 Å². The monoisotopic (exact) mass is 380 g/mol. The molecule has 27 heavy (non-hydrogen) atoms. The second-order valence-corrected chi connectivity index (χ2v) is 7.14. The zero-order chi connectivity index (χ0) is 18.8. The van der Waals surface area contributed by atoms with Crippen molar-refractivity contribution in [2.75, 3.05) is 19.5 Å². The molecule has 0 amide bonds. The topological polar surface area (TPSA) is 61.2 Å². The second-order valence-electron chi connectivity index (χ2n) is 6.11. The number of hydrogen-bond donors (Lipinski definition) is 1. The Morgan fingerprint density at radius 1 is 1.07 bits per heavy atom. The van der Waals surface area contributed by atoms with Gasteiger partial charge in [0.2, 0.25) is 0 Å². The molecule has 2 aromatic carbocycles. The molecule has 0 radical (unpaired) electrons. The number of ether oxygens (including phenoxy) is 2. The Balaban J connectivity index is 1.79. The molecule has 1 N–H and O–H groups in total. The van der Waals surface area contributed by atoms with E-state index in [1.54, 1.807) is 31.8 Å². The number of aromatic nitrogens is 3. The standard InChI is InChI=1S/C20H20N4O2S/c1-24-9-8-21-19(24)18(13-10-14(25-2)12-15(11-13)26-3)23-20-22-16-6-4-5-7-17(16)27-20/h4-12,18H,1-3H3,(H,22,23). The van der Waals surface area contributed by atoms with E-state index >= 15 is 0 Å². The van der Waals surface area contributed by atoms with Crippen molar-refractivity contribution in [2.24, 2.45) is 7.05 Å². The number of aryl methyl sites for hydroxylation is 1.